The van der Waals surface area contributed by atoms with Crippen molar-refractivity contribution in [3.63, 3.8) is 0 Å². The molecular formula is C23H29N3O2. The van der Waals surface area contributed by atoms with E-state index in [0.717, 1.165) is 58.5 Å². The van der Waals surface area contributed by atoms with Gasteiger partial charge in [-0.2, -0.15) is 0 Å². The minimum Gasteiger partial charge on any atom is -0.339 e. The Morgan fingerprint density at radius 2 is 1.64 bits per heavy atom. The van der Waals surface area contributed by atoms with Crippen LogP contribution >= 0.6 is 0 Å². The molecule has 0 aliphatic carbocycles. The summed E-state index contributed by atoms with van der Waals surface area (Å²) in [5, 5.41) is 2.58. The number of carbonyl (C=O) groups excluding carboxylic acids is 2. The van der Waals surface area contributed by atoms with Crippen LogP contribution in [0.15, 0.2) is 42.5 Å². The van der Waals surface area contributed by atoms with Gasteiger partial charge in [0.2, 0.25) is 11.8 Å². The van der Waals surface area contributed by atoms with E-state index < -0.39 is 0 Å². The lowest BCUT2D eigenvalue weighted by molar-refractivity contribution is -0.141. The monoisotopic (exact) mass is 379 g/mol. The van der Waals surface area contributed by atoms with Gasteiger partial charge in [-0.25, -0.2) is 0 Å². The lowest BCUT2D eigenvalue weighted by Gasteiger charge is -2.36. The summed E-state index contributed by atoms with van der Waals surface area (Å²) in [6, 6.07) is 15.0. The third-order valence-electron chi connectivity index (χ3n) is 6.00. The summed E-state index contributed by atoms with van der Waals surface area (Å²) < 4.78 is 0. The summed E-state index contributed by atoms with van der Waals surface area (Å²) in [4.78, 5) is 30.9. The highest BCUT2D eigenvalue weighted by molar-refractivity contribution is 5.86. The molecule has 2 aliphatic heterocycles. The Morgan fingerprint density at radius 3 is 2.50 bits per heavy atom. The van der Waals surface area contributed by atoms with Crippen molar-refractivity contribution < 1.29 is 9.59 Å². The smallest absolute Gasteiger partial charge is 0.242 e. The number of amides is 2. The molecule has 0 saturated carbocycles. The second-order valence-corrected chi connectivity index (χ2v) is 7.92. The van der Waals surface area contributed by atoms with E-state index in [0.29, 0.717) is 6.42 Å². The zero-order chi connectivity index (χ0) is 19.3. The maximum Gasteiger partial charge on any atom is 0.242 e. The van der Waals surface area contributed by atoms with Crippen molar-refractivity contribution in [1.29, 1.82) is 0 Å². The number of carbonyl (C=O) groups is 2. The number of rotatable bonds is 4. The van der Waals surface area contributed by atoms with Crippen molar-refractivity contribution in [3.8, 4) is 0 Å². The average Bonchev–Trinajstić information content (AvgIpc) is 2.93. The summed E-state index contributed by atoms with van der Waals surface area (Å²) in [5.41, 5.74) is 1.34. The van der Waals surface area contributed by atoms with E-state index >= 15 is 0 Å². The van der Waals surface area contributed by atoms with E-state index in [9.17, 15) is 9.59 Å². The predicted molar refractivity (Wildman–Crippen MR) is 111 cm³/mol. The Morgan fingerprint density at radius 1 is 0.857 bits per heavy atom. The van der Waals surface area contributed by atoms with Crippen molar-refractivity contribution in [3.05, 3.63) is 48.0 Å². The number of hydrogen-bond acceptors (Lipinski definition) is 3. The van der Waals surface area contributed by atoms with Crippen LogP contribution in [0.25, 0.3) is 10.8 Å². The van der Waals surface area contributed by atoms with Crippen LogP contribution in [0.4, 0.5) is 0 Å². The van der Waals surface area contributed by atoms with E-state index in [4.69, 9.17) is 0 Å². The predicted octanol–water partition coefficient (Wildman–Crippen LogP) is 2.89. The van der Waals surface area contributed by atoms with Gasteiger partial charge in [0.25, 0.3) is 0 Å². The molecule has 0 N–H and O–H groups in total. The molecule has 5 nitrogen and oxygen atoms in total. The maximum absolute atomic E-state index is 12.7. The molecule has 4 rings (SSSR count). The van der Waals surface area contributed by atoms with Crippen LogP contribution in [-0.2, 0) is 16.1 Å². The molecular weight excluding hydrogens is 350 g/mol. The Kier molecular flexibility index (Phi) is 5.91. The Labute approximate surface area is 166 Å². The SMILES string of the molecule is O=C(CN1CCCCCC1=O)N1CCN(Cc2cccc3ccccc23)CC1. The number of hydrogen-bond donors (Lipinski definition) is 0. The van der Waals surface area contributed by atoms with Crippen LogP contribution in [0, 0.1) is 0 Å². The molecule has 2 heterocycles. The lowest BCUT2D eigenvalue weighted by Crippen LogP contribution is -2.51. The van der Waals surface area contributed by atoms with Crippen LogP contribution in [0.1, 0.15) is 31.2 Å². The molecule has 5 heteroatoms. The fourth-order valence-electron chi connectivity index (χ4n) is 4.30. The van der Waals surface area contributed by atoms with E-state index in [2.05, 4.69) is 47.4 Å². The van der Waals surface area contributed by atoms with Gasteiger partial charge in [0.15, 0.2) is 0 Å². The molecule has 2 fully saturated rings. The van der Waals surface area contributed by atoms with Crippen molar-refractivity contribution in [2.75, 3.05) is 39.3 Å². The molecule has 2 saturated heterocycles. The van der Waals surface area contributed by atoms with Crippen LogP contribution in [0.2, 0.25) is 0 Å². The minimum absolute atomic E-state index is 0.0973. The Bertz CT molecular complexity index is 837. The Balaban J connectivity index is 1.31. The summed E-state index contributed by atoms with van der Waals surface area (Å²) >= 11 is 0. The van der Waals surface area contributed by atoms with E-state index in [1.54, 1.807) is 4.90 Å². The van der Waals surface area contributed by atoms with E-state index in [-0.39, 0.29) is 18.4 Å². The molecule has 0 bridgehead atoms. The highest BCUT2D eigenvalue weighted by atomic mass is 16.2. The second kappa shape index (κ2) is 8.74. The minimum atomic E-state index is 0.0973. The van der Waals surface area contributed by atoms with E-state index in [1.165, 1.54) is 16.3 Å². The third-order valence-corrected chi connectivity index (χ3v) is 6.00. The zero-order valence-electron chi connectivity index (χ0n) is 16.5. The zero-order valence-corrected chi connectivity index (χ0v) is 16.5. The molecule has 28 heavy (non-hydrogen) atoms. The highest BCUT2D eigenvalue weighted by Gasteiger charge is 2.25. The molecule has 2 aliphatic rings. The normalized spacial score (nSPS) is 19.1. The first kappa shape index (κ1) is 18.9. The molecule has 2 aromatic carbocycles. The first-order valence-electron chi connectivity index (χ1n) is 10.5. The van der Waals surface area contributed by atoms with Gasteiger partial charge < -0.3 is 9.80 Å². The van der Waals surface area contributed by atoms with Crippen LogP contribution in [0.3, 0.4) is 0 Å². The lowest BCUT2D eigenvalue weighted by atomic mass is 10.0. The van der Waals surface area contributed by atoms with Crippen molar-refractivity contribution >= 4 is 22.6 Å². The molecule has 0 unspecified atom stereocenters. The Hall–Kier alpha value is -2.40. The highest BCUT2D eigenvalue weighted by Crippen LogP contribution is 2.20. The molecule has 2 aromatic rings. The van der Waals surface area contributed by atoms with Crippen molar-refractivity contribution in [2.24, 2.45) is 0 Å². The quantitative estimate of drug-likeness (QED) is 0.820. The fourth-order valence-corrected chi connectivity index (χ4v) is 4.30. The van der Waals surface area contributed by atoms with Gasteiger partial charge in [-0.05, 0) is 29.2 Å². The first-order chi connectivity index (χ1) is 13.7. The number of benzene rings is 2. The van der Waals surface area contributed by atoms with Crippen molar-refractivity contribution in [2.45, 2.75) is 32.2 Å². The van der Waals surface area contributed by atoms with Crippen LogP contribution < -0.4 is 0 Å². The number of fused-ring (bicyclic) bond motifs is 1. The van der Waals surface area contributed by atoms with Gasteiger partial charge in [-0.15, -0.1) is 0 Å². The van der Waals surface area contributed by atoms with Crippen LogP contribution in [-0.4, -0.2) is 65.8 Å². The molecule has 2 amide bonds. The molecule has 0 atom stereocenters. The summed E-state index contributed by atoms with van der Waals surface area (Å²) in [6.07, 6.45) is 3.64. The summed E-state index contributed by atoms with van der Waals surface area (Å²) in [6.45, 7) is 5.13. The molecule has 0 radical (unpaired) electrons. The largest absolute Gasteiger partial charge is 0.339 e. The second-order valence-electron chi connectivity index (χ2n) is 7.92. The van der Waals surface area contributed by atoms with Gasteiger partial charge in [-0.3, -0.25) is 14.5 Å². The fraction of sp³-hybridized carbons (Fsp3) is 0.478. The number of nitrogens with zero attached hydrogens (tertiary/aromatic N) is 3. The average molecular weight is 380 g/mol. The summed E-state index contributed by atoms with van der Waals surface area (Å²) in [7, 11) is 0. The molecule has 0 spiro atoms. The summed E-state index contributed by atoms with van der Waals surface area (Å²) in [5.74, 6) is 0.237. The van der Waals surface area contributed by atoms with Gasteiger partial charge in [0.05, 0.1) is 6.54 Å². The first-order valence-corrected chi connectivity index (χ1v) is 10.5. The van der Waals surface area contributed by atoms with E-state index in [1.807, 2.05) is 4.90 Å². The van der Waals surface area contributed by atoms with Gasteiger partial charge in [0.1, 0.15) is 0 Å². The van der Waals surface area contributed by atoms with Crippen LogP contribution in [0.5, 0.6) is 0 Å². The van der Waals surface area contributed by atoms with Gasteiger partial charge in [0, 0.05) is 45.7 Å². The standard InChI is InChI=1S/C23H29N3O2/c27-22-11-2-1-5-12-26(22)18-23(28)25-15-13-24(14-16-25)17-20-9-6-8-19-7-3-4-10-21(19)20/h3-4,6-10H,1-2,5,11-18H2. The topological polar surface area (TPSA) is 43.9 Å². The maximum atomic E-state index is 12.7. The van der Waals surface area contributed by atoms with Gasteiger partial charge >= 0.3 is 0 Å². The van der Waals surface area contributed by atoms with Crippen molar-refractivity contribution in [1.82, 2.24) is 14.7 Å². The van der Waals surface area contributed by atoms with Gasteiger partial charge in [-0.1, -0.05) is 48.9 Å². The number of likely N-dealkylation sites (tertiary alicyclic amines) is 1. The third kappa shape index (κ3) is 4.36. The number of piperazine rings is 1. The molecule has 0 aromatic heterocycles. The molecule has 148 valence electrons.